The minimum absolute atomic E-state index is 0.346. The van der Waals surface area contributed by atoms with Crippen molar-refractivity contribution < 1.29 is 0 Å². The van der Waals surface area contributed by atoms with Gasteiger partial charge in [0.1, 0.15) is 0 Å². The van der Waals surface area contributed by atoms with E-state index in [0.717, 1.165) is 6.54 Å². The van der Waals surface area contributed by atoms with E-state index in [9.17, 15) is 0 Å². The summed E-state index contributed by atoms with van der Waals surface area (Å²) >= 11 is 2.06. The summed E-state index contributed by atoms with van der Waals surface area (Å²) in [7, 11) is 0. The zero-order chi connectivity index (χ0) is 14.7. The number of thioether (sulfide) groups is 1. The Morgan fingerprint density at radius 3 is 2.21 bits per heavy atom. The first-order chi connectivity index (χ1) is 8.66. The molecule has 1 aliphatic heterocycles. The van der Waals surface area contributed by atoms with Gasteiger partial charge in [-0.05, 0) is 16.6 Å². The first-order valence-corrected chi connectivity index (χ1v) is 8.87. The van der Waals surface area contributed by atoms with Gasteiger partial charge in [0.15, 0.2) is 0 Å². The van der Waals surface area contributed by atoms with E-state index in [1.54, 1.807) is 0 Å². The van der Waals surface area contributed by atoms with Gasteiger partial charge in [-0.2, -0.15) is 11.8 Å². The molecule has 1 aliphatic rings. The Balaban J connectivity index is 2.69. The van der Waals surface area contributed by atoms with Crippen LogP contribution in [0, 0.1) is 10.8 Å². The van der Waals surface area contributed by atoms with Crippen molar-refractivity contribution in [2.75, 3.05) is 31.1 Å². The van der Waals surface area contributed by atoms with Gasteiger partial charge in [0.25, 0.3) is 0 Å². The third-order valence-electron chi connectivity index (χ3n) is 4.19. The molecule has 0 radical (unpaired) electrons. The predicted molar refractivity (Wildman–Crippen MR) is 89.1 cm³/mol. The van der Waals surface area contributed by atoms with Crippen LogP contribution in [0.25, 0.3) is 0 Å². The maximum atomic E-state index is 3.79. The van der Waals surface area contributed by atoms with Crippen molar-refractivity contribution in [2.45, 2.75) is 60.5 Å². The number of nitrogens with one attached hydrogen (secondary N) is 1. The van der Waals surface area contributed by atoms with E-state index in [-0.39, 0.29) is 0 Å². The molecular weight excluding hydrogens is 252 g/mol. The lowest BCUT2D eigenvalue weighted by atomic mass is 9.79. The second kappa shape index (κ2) is 6.82. The van der Waals surface area contributed by atoms with Gasteiger partial charge in [-0.1, -0.05) is 48.5 Å². The van der Waals surface area contributed by atoms with Crippen molar-refractivity contribution in [1.82, 2.24) is 10.2 Å². The molecule has 2 unspecified atom stereocenters. The van der Waals surface area contributed by atoms with Crippen LogP contribution in [-0.4, -0.2) is 48.1 Å². The first kappa shape index (κ1) is 17.3. The smallest absolute Gasteiger partial charge is 0.0270 e. The molecule has 0 saturated carbocycles. The summed E-state index contributed by atoms with van der Waals surface area (Å²) in [6.07, 6.45) is 0. The van der Waals surface area contributed by atoms with E-state index in [1.807, 2.05) is 0 Å². The highest BCUT2D eigenvalue weighted by Gasteiger charge is 2.38. The lowest BCUT2D eigenvalue weighted by Gasteiger charge is -2.49. The lowest BCUT2D eigenvalue weighted by molar-refractivity contribution is 0.0353. The van der Waals surface area contributed by atoms with Gasteiger partial charge in [0, 0.05) is 37.5 Å². The third-order valence-corrected chi connectivity index (χ3v) is 5.07. The second-order valence-electron chi connectivity index (χ2n) is 7.90. The Morgan fingerprint density at radius 1 is 1.11 bits per heavy atom. The molecule has 19 heavy (non-hydrogen) atoms. The minimum Gasteiger partial charge on any atom is -0.311 e. The average molecular weight is 287 g/mol. The Labute approximate surface area is 125 Å². The topological polar surface area (TPSA) is 15.3 Å². The zero-order valence-electron chi connectivity index (χ0n) is 14.0. The Kier molecular flexibility index (Phi) is 6.22. The van der Waals surface area contributed by atoms with Crippen molar-refractivity contribution >= 4 is 11.8 Å². The summed E-state index contributed by atoms with van der Waals surface area (Å²) in [5.74, 6) is 2.49. The highest BCUT2D eigenvalue weighted by atomic mass is 32.2. The molecule has 1 N–H and O–H groups in total. The fourth-order valence-electron chi connectivity index (χ4n) is 2.82. The van der Waals surface area contributed by atoms with Crippen molar-refractivity contribution in [2.24, 2.45) is 10.8 Å². The number of rotatable bonds is 4. The molecule has 1 heterocycles. The molecule has 2 nitrogen and oxygen atoms in total. The summed E-state index contributed by atoms with van der Waals surface area (Å²) in [6, 6.07) is 1.27. The van der Waals surface area contributed by atoms with Crippen LogP contribution in [0.15, 0.2) is 0 Å². The molecule has 0 aromatic rings. The van der Waals surface area contributed by atoms with E-state index in [2.05, 4.69) is 70.4 Å². The first-order valence-electron chi connectivity index (χ1n) is 7.71. The van der Waals surface area contributed by atoms with Gasteiger partial charge in [-0.25, -0.2) is 0 Å². The van der Waals surface area contributed by atoms with Crippen LogP contribution in [0.2, 0.25) is 0 Å². The van der Waals surface area contributed by atoms with Crippen molar-refractivity contribution in [1.29, 1.82) is 0 Å². The molecule has 3 heteroatoms. The van der Waals surface area contributed by atoms with E-state index in [0.29, 0.717) is 22.9 Å². The zero-order valence-corrected chi connectivity index (χ0v) is 14.9. The predicted octanol–water partition coefficient (Wildman–Crippen LogP) is 3.47. The van der Waals surface area contributed by atoms with Gasteiger partial charge in [-0.15, -0.1) is 0 Å². The second-order valence-corrected chi connectivity index (χ2v) is 9.29. The largest absolute Gasteiger partial charge is 0.311 e. The lowest BCUT2D eigenvalue weighted by Crippen LogP contribution is -2.63. The molecular formula is C16H34N2S. The van der Waals surface area contributed by atoms with E-state index < -0.39 is 0 Å². The van der Waals surface area contributed by atoms with Gasteiger partial charge in [0.05, 0.1) is 0 Å². The number of piperazine rings is 1. The standard InChI is InChI=1S/C16H34N2S/c1-8-19-10-9-18-12-13(15(2,3)4)17-11-14(18)16(5,6)7/h13-14,17H,8-12H2,1-7H3. The molecule has 2 atom stereocenters. The molecule has 0 aromatic heterocycles. The molecule has 0 amide bonds. The summed E-state index contributed by atoms with van der Waals surface area (Å²) in [6.45, 7) is 20.0. The van der Waals surface area contributed by atoms with Crippen LogP contribution in [0.5, 0.6) is 0 Å². The molecule has 0 spiro atoms. The van der Waals surface area contributed by atoms with Gasteiger partial charge >= 0.3 is 0 Å². The summed E-state index contributed by atoms with van der Waals surface area (Å²) < 4.78 is 0. The maximum Gasteiger partial charge on any atom is 0.0270 e. The Hall–Kier alpha value is 0.270. The average Bonchev–Trinajstić information content (AvgIpc) is 2.26. The Bertz CT molecular complexity index is 265. The van der Waals surface area contributed by atoms with Crippen LogP contribution in [0.4, 0.5) is 0 Å². The molecule has 1 saturated heterocycles. The van der Waals surface area contributed by atoms with Crippen molar-refractivity contribution in [3.63, 3.8) is 0 Å². The maximum absolute atomic E-state index is 3.79. The van der Waals surface area contributed by atoms with E-state index in [1.165, 1.54) is 24.6 Å². The van der Waals surface area contributed by atoms with E-state index >= 15 is 0 Å². The quantitative estimate of drug-likeness (QED) is 0.797. The fourth-order valence-corrected chi connectivity index (χ4v) is 3.47. The summed E-state index contributed by atoms with van der Waals surface area (Å²) in [4.78, 5) is 2.73. The molecule has 1 rings (SSSR count). The fraction of sp³-hybridized carbons (Fsp3) is 1.00. The van der Waals surface area contributed by atoms with Gasteiger partial charge in [0.2, 0.25) is 0 Å². The van der Waals surface area contributed by atoms with Crippen LogP contribution < -0.4 is 5.32 Å². The van der Waals surface area contributed by atoms with Crippen LogP contribution in [0.3, 0.4) is 0 Å². The number of hydrogen-bond acceptors (Lipinski definition) is 3. The molecule has 0 aromatic carbocycles. The molecule has 114 valence electrons. The van der Waals surface area contributed by atoms with Crippen molar-refractivity contribution in [3.05, 3.63) is 0 Å². The monoisotopic (exact) mass is 286 g/mol. The third kappa shape index (κ3) is 5.28. The van der Waals surface area contributed by atoms with Crippen LogP contribution in [0.1, 0.15) is 48.5 Å². The summed E-state index contributed by atoms with van der Waals surface area (Å²) in [5, 5.41) is 3.79. The normalized spacial score (nSPS) is 26.7. The number of nitrogens with zero attached hydrogens (tertiary/aromatic N) is 1. The van der Waals surface area contributed by atoms with Crippen LogP contribution >= 0.6 is 11.8 Å². The van der Waals surface area contributed by atoms with Gasteiger partial charge < -0.3 is 5.32 Å². The summed E-state index contributed by atoms with van der Waals surface area (Å²) in [5.41, 5.74) is 0.700. The number of hydrogen-bond donors (Lipinski definition) is 1. The molecule has 1 fully saturated rings. The SMILES string of the molecule is CCSCCN1CC(C(C)(C)C)NCC1C(C)(C)C. The molecule has 0 bridgehead atoms. The molecule has 0 aliphatic carbocycles. The Morgan fingerprint density at radius 2 is 1.74 bits per heavy atom. The minimum atomic E-state index is 0.346. The van der Waals surface area contributed by atoms with Crippen molar-refractivity contribution in [3.8, 4) is 0 Å². The van der Waals surface area contributed by atoms with Crippen LogP contribution in [-0.2, 0) is 0 Å². The van der Waals surface area contributed by atoms with Gasteiger partial charge in [-0.3, -0.25) is 4.90 Å². The van der Waals surface area contributed by atoms with E-state index in [4.69, 9.17) is 0 Å². The highest BCUT2D eigenvalue weighted by molar-refractivity contribution is 7.99. The highest BCUT2D eigenvalue weighted by Crippen LogP contribution is 2.30.